The van der Waals surface area contributed by atoms with Crippen molar-refractivity contribution in [2.75, 3.05) is 0 Å². The van der Waals surface area contributed by atoms with E-state index in [0.29, 0.717) is 21.2 Å². The molecule has 0 N–H and O–H groups in total. The highest BCUT2D eigenvalue weighted by atomic mass is 35.5. The van der Waals surface area contributed by atoms with Gasteiger partial charge in [-0.3, -0.25) is 4.79 Å². The van der Waals surface area contributed by atoms with E-state index < -0.39 is 0 Å². The van der Waals surface area contributed by atoms with E-state index in [9.17, 15) is 4.79 Å². The molecule has 16 heavy (non-hydrogen) atoms. The number of rotatable bonds is 1. The number of esters is 1. The second-order valence-electron chi connectivity index (χ2n) is 3.45. The number of hydrogen-bond donors (Lipinski definition) is 0. The molecule has 3 nitrogen and oxygen atoms in total. The van der Waals surface area contributed by atoms with E-state index in [1.54, 1.807) is 12.1 Å². The predicted molar refractivity (Wildman–Crippen MR) is 64.3 cm³/mol. The van der Waals surface area contributed by atoms with Gasteiger partial charge in [0.15, 0.2) is 0 Å². The number of hydrogen-bond acceptors (Lipinski definition) is 3. The van der Waals surface area contributed by atoms with Crippen molar-refractivity contribution in [3.8, 4) is 0 Å². The normalized spacial score (nSPS) is 10.4. The fourth-order valence-electron chi connectivity index (χ4n) is 1.12. The van der Waals surface area contributed by atoms with Crippen LogP contribution in [0.4, 0.5) is 0 Å². The molecule has 2 aromatic rings. The Bertz CT molecular complexity index is 431. The van der Waals surface area contributed by atoms with Crippen molar-refractivity contribution in [3.63, 3.8) is 0 Å². The molecule has 2 aromatic heterocycles. The summed E-state index contributed by atoms with van der Waals surface area (Å²) >= 11 is 11.3. The molecule has 0 unspecified atom stereocenters. The second-order valence-corrected chi connectivity index (χ2v) is 4.21. The Morgan fingerprint density at radius 3 is 1.81 bits per heavy atom. The lowest BCUT2D eigenvalue weighted by Gasteiger charge is -2.01. The summed E-state index contributed by atoms with van der Waals surface area (Å²) in [6, 6.07) is 3.59. The van der Waals surface area contributed by atoms with Crippen molar-refractivity contribution >= 4 is 40.3 Å². The van der Waals surface area contributed by atoms with Gasteiger partial charge in [0.25, 0.3) is 0 Å². The number of benzene rings is 1. The van der Waals surface area contributed by atoms with Gasteiger partial charge in [0.05, 0.1) is 6.10 Å². The molecule has 5 heteroatoms. The molecule has 0 fully saturated rings. The van der Waals surface area contributed by atoms with Gasteiger partial charge in [0, 0.05) is 6.92 Å². The maximum atomic E-state index is 10.0. The maximum Gasteiger partial charge on any atom is 0.302 e. The molecule has 2 rings (SSSR count). The molecule has 0 aliphatic carbocycles. The molecule has 0 amide bonds. The molecule has 0 atom stereocenters. The largest absolute Gasteiger partial charge is 0.463 e. The Morgan fingerprint density at radius 1 is 1.25 bits per heavy atom. The first-order chi connectivity index (χ1) is 7.41. The highest BCUT2D eigenvalue weighted by Gasteiger charge is 2.11. The summed E-state index contributed by atoms with van der Waals surface area (Å²) in [4.78, 5) is 10.0. The SMILES string of the molecule is CC(=O)OC(C)C.Clc1c(Cl)c2ccc1o2. The number of carbonyl (C=O) groups excluding carboxylic acids is 1. The first-order valence-electron chi connectivity index (χ1n) is 4.75. The van der Waals surface area contributed by atoms with Crippen molar-refractivity contribution < 1.29 is 13.9 Å². The van der Waals surface area contributed by atoms with Crippen LogP contribution in [0.5, 0.6) is 0 Å². The lowest BCUT2D eigenvalue weighted by molar-refractivity contribution is -0.144. The standard InChI is InChI=1S/C6H2Cl2O.C5H10O2/c7-5-3-1-2-4(9-3)6(5)8;1-4(2)7-5(3)6/h1-2H;4H,1-3H3. The quantitative estimate of drug-likeness (QED) is 0.726. The molecule has 2 bridgehead atoms. The zero-order chi connectivity index (χ0) is 12.3. The highest BCUT2D eigenvalue weighted by Crippen LogP contribution is 2.36. The Kier molecular flexibility index (Phi) is 4.44. The van der Waals surface area contributed by atoms with Crippen molar-refractivity contribution in [2.45, 2.75) is 26.9 Å². The molecular formula is C11H12Cl2O3. The highest BCUT2D eigenvalue weighted by molar-refractivity contribution is 6.46. The molecule has 0 saturated carbocycles. The van der Waals surface area contributed by atoms with E-state index >= 15 is 0 Å². The third-order valence-electron chi connectivity index (χ3n) is 1.63. The smallest absolute Gasteiger partial charge is 0.302 e. The van der Waals surface area contributed by atoms with Crippen molar-refractivity contribution in [1.29, 1.82) is 0 Å². The Hall–Kier alpha value is -0.930. The minimum absolute atomic E-state index is 0.0255. The number of furan rings is 2. The van der Waals surface area contributed by atoms with E-state index in [1.807, 2.05) is 13.8 Å². The zero-order valence-electron chi connectivity index (χ0n) is 9.21. The first-order valence-corrected chi connectivity index (χ1v) is 5.50. The van der Waals surface area contributed by atoms with Crippen LogP contribution in [0.25, 0.3) is 11.2 Å². The lowest BCUT2D eigenvalue weighted by atomic mass is 10.4. The van der Waals surface area contributed by atoms with Gasteiger partial charge in [-0.1, -0.05) is 23.2 Å². The van der Waals surface area contributed by atoms with Crippen LogP contribution < -0.4 is 0 Å². The number of fused-ring (bicyclic) bond motifs is 2. The summed E-state index contributed by atoms with van der Waals surface area (Å²) in [5.41, 5.74) is 1.33. The van der Waals surface area contributed by atoms with Crippen molar-refractivity contribution in [3.05, 3.63) is 22.2 Å². The predicted octanol–water partition coefficient (Wildman–Crippen LogP) is 4.14. The maximum absolute atomic E-state index is 10.0. The van der Waals surface area contributed by atoms with Crippen LogP contribution in [0.3, 0.4) is 0 Å². The molecule has 0 aliphatic heterocycles. The second kappa shape index (κ2) is 5.41. The van der Waals surface area contributed by atoms with Gasteiger partial charge in [-0.05, 0) is 26.0 Å². The van der Waals surface area contributed by atoms with Crippen LogP contribution in [0.15, 0.2) is 16.5 Å². The van der Waals surface area contributed by atoms with E-state index in [4.69, 9.17) is 27.6 Å². The van der Waals surface area contributed by atoms with E-state index in [2.05, 4.69) is 4.74 Å². The summed E-state index contributed by atoms with van der Waals surface area (Å²) in [6.45, 7) is 5.04. The Balaban J connectivity index is 0.000000168. The summed E-state index contributed by atoms with van der Waals surface area (Å²) in [5.74, 6) is -0.213. The summed E-state index contributed by atoms with van der Waals surface area (Å²) in [7, 11) is 0. The summed E-state index contributed by atoms with van der Waals surface area (Å²) in [6.07, 6.45) is 0.0255. The third kappa shape index (κ3) is 3.29. The average Bonchev–Trinajstić information content (AvgIpc) is 2.70. The molecule has 2 heterocycles. The fourth-order valence-corrected chi connectivity index (χ4v) is 1.51. The summed E-state index contributed by atoms with van der Waals surface area (Å²) in [5, 5.41) is 1.04. The van der Waals surface area contributed by atoms with E-state index in [-0.39, 0.29) is 12.1 Å². The number of carbonyl (C=O) groups is 1. The van der Waals surface area contributed by atoms with Gasteiger partial charge in [-0.15, -0.1) is 0 Å². The lowest BCUT2D eigenvalue weighted by Crippen LogP contribution is -2.06. The molecule has 0 aromatic carbocycles. The molecule has 0 aliphatic rings. The minimum Gasteiger partial charge on any atom is -0.463 e. The summed E-state index contributed by atoms with van der Waals surface area (Å²) < 4.78 is 9.69. The third-order valence-corrected chi connectivity index (χ3v) is 2.48. The van der Waals surface area contributed by atoms with Crippen LogP contribution >= 0.6 is 23.2 Å². The van der Waals surface area contributed by atoms with Crippen molar-refractivity contribution in [2.24, 2.45) is 0 Å². The van der Waals surface area contributed by atoms with E-state index in [1.165, 1.54) is 6.92 Å². The number of ether oxygens (including phenoxy) is 1. The van der Waals surface area contributed by atoms with Crippen LogP contribution in [-0.2, 0) is 9.53 Å². The first kappa shape index (κ1) is 13.1. The fraction of sp³-hybridized carbons (Fsp3) is 0.364. The Labute approximate surface area is 104 Å². The molecular weight excluding hydrogens is 251 g/mol. The van der Waals surface area contributed by atoms with Crippen LogP contribution in [0, 0.1) is 0 Å². The van der Waals surface area contributed by atoms with Crippen LogP contribution in [0.2, 0.25) is 10.0 Å². The zero-order valence-corrected chi connectivity index (χ0v) is 10.7. The van der Waals surface area contributed by atoms with Gasteiger partial charge in [0.2, 0.25) is 0 Å². The van der Waals surface area contributed by atoms with Gasteiger partial charge in [-0.25, -0.2) is 0 Å². The Morgan fingerprint density at radius 2 is 1.69 bits per heavy atom. The van der Waals surface area contributed by atoms with Gasteiger partial charge in [0.1, 0.15) is 21.2 Å². The number of halogens is 2. The van der Waals surface area contributed by atoms with Crippen LogP contribution in [-0.4, -0.2) is 12.1 Å². The monoisotopic (exact) mass is 262 g/mol. The van der Waals surface area contributed by atoms with E-state index in [0.717, 1.165) is 0 Å². The van der Waals surface area contributed by atoms with Crippen molar-refractivity contribution in [1.82, 2.24) is 0 Å². The molecule has 0 radical (unpaired) electrons. The van der Waals surface area contributed by atoms with Gasteiger partial charge < -0.3 is 9.15 Å². The molecule has 88 valence electrons. The minimum atomic E-state index is -0.213. The average molecular weight is 263 g/mol. The topological polar surface area (TPSA) is 39.4 Å². The van der Waals surface area contributed by atoms with Crippen LogP contribution in [0.1, 0.15) is 20.8 Å². The van der Waals surface area contributed by atoms with Gasteiger partial charge in [-0.2, -0.15) is 0 Å². The molecule has 0 spiro atoms. The molecule has 0 saturated heterocycles. The van der Waals surface area contributed by atoms with Gasteiger partial charge >= 0.3 is 5.97 Å².